The number of carbonyl (C=O) groups is 8. The van der Waals surface area contributed by atoms with Crippen molar-refractivity contribution in [3.8, 4) is 5.75 Å². The maximum atomic E-state index is 15.0. The summed E-state index contributed by atoms with van der Waals surface area (Å²) < 4.78 is 28.2. The van der Waals surface area contributed by atoms with E-state index in [1.165, 1.54) is 11.8 Å². The van der Waals surface area contributed by atoms with E-state index in [2.05, 4.69) is 15.5 Å². The molecule has 1 aliphatic rings. The number of unbranched alkanes of at least 4 members (excludes halogenated alkanes) is 2. The lowest BCUT2D eigenvalue weighted by atomic mass is 9.82. The Morgan fingerprint density at radius 2 is 1.56 bits per heavy atom. The average molecular weight is 1130 g/mol. The van der Waals surface area contributed by atoms with Crippen LogP contribution in [0, 0.1) is 23.7 Å². The number of nitrogens with one attached hydrogen (secondary N) is 2. The quantitative estimate of drug-likeness (QED) is 0.0195. The van der Waals surface area contributed by atoms with Crippen LogP contribution < -0.4 is 15.4 Å². The van der Waals surface area contributed by atoms with Crippen LogP contribution in [0.25, 0.3) is 0 Å². The molecule has 1 aliphatic heterocycles. The number of ether oxygens (including phenoxy) is 5. The van der Waals surface area contributed by atoms with Gasteiger partial charge in [0.05, 0.1) is 12.0 Å². The number of hydrogen-bond acceptors (Lipinski definition) is 16. The van der Waals surface area contributed by atoms with E-state index in [0.29, 0.717) is 49.4 Å². The lowest BCUT2D eigenvalue weighted by molar-refractivity contribution is -0.162. The zero-order valence-corrected chi connectivity index (χ0v) is 50.0. The molecule has 0 bridgehead atoms. The average Bonchev–Trinajstić information content (AvgIpc) is 3.91. The smallest absolute Gasteiger partial charge is 0.407 e. The van der Waals surface area contributed by atoms with Gasteiger partial charge in [-0.15, -0.1) is 11.3 Å². The molecule has 3 amide bonds. The highest BCUT2D eigenvalue weighted by molar-refractivity contribution is 7.09. The molecule has 0 unspecified atom stereocenters. The van der Waals surface area contributed by atoms with Gasteiger partial charge in [0.15, 0.2) is 18.6 Å². The molecular formula is C61H89N5O13S. The first-order valence-corrected chi connectivity index (χ1v) is 29.5. The van der Waals surface area contributed by atoms with Gasteiger partial charge in [0, 0.05) is 62.5 Å². The number of benzene rings is 2. The van der Waals surface area contributed by atoms with E-state index in [1.54, 1.807) is 57.3 Å². The molecule has 18 nitrogen and oxygen atoms in total. The molecule has 0 aliphatic carbocycles. The Morgan fingerprint density at radius 1 is 0.850 bits per heavy atom. The number of likely N-dealkylation sites (tertiary alicyclic amines) is 1. The first kappa shape index (κ1) is 66.3. The Bertz CT molecular complexity index is 2460. The molecule has 2 heterocycles. The number of rotatable bonds is 32. The number of carbonyl (C=O) groups excluding carboxylic acids is 8. The third kappa shape index (κ3) is 23.1. The molecule has 7 atom stereocenters. The van der Waals surface area contributed by atoms with Crippen LogP contribution in [-0.2, 0) is 60.7 Å². The van der Waals surface area contributed by atoms with E-state index < -0.39 is 71.5 Å². The summed E-state index contributed by atoms with van der Waals surface area (Å²) in [6.45, 7) is 19.0. The molecule has 442 valence electrons. The van der Waals surface area contributed by atoms with Gasteiger partial charge in [-0.25, -0.2) is 9.78 Å². The summed E-state index contributed by atoms with van der Waals surface area (Å²) in [6, 6.07) is 14.7. The van der Waals surface area contributed by atoms with E-state index in [0.717, 1.165) is 48.3 Å². The predicted molar refractivity (Wildman–Crippen MR) is 305 cm³/mol. The van der Waals surface area contributed by atoms with Crippen LogP contribution >= 0.6 is 11.3 Å². The normalized spacial score (nSPS) is 16.0. The van der Waals surface area contributed by atoms with Crippen molar-refractivity contribution in [1.29, 1.82) is 0 Å². The number of nitrogens with zero attached hydrogens (tertiary/aromatic N) is 3. The monoisotopic (exact) mass is 1130 g/mol. The van der Waals surface area contributed by atoms with Gasteiger partial charge in [-0.2, -0.15) is 0 Å². The third-order valence-electron chi connectivity index (χ3n) is 14.2. The van der Waals surface area contributed by atoms with Crippen LogP contribution in [0.1, 0.15) is 185 Å². The molecule has 3 aromatic rings. The maximum absolute atomic E-state index is 15.0. The third-order valence-corrected chi connectivity index (χ3v) is 15.2. The summed E-state index contributed by atoms with van der Waals surface area (Å²) in [5.74, 6) is -4.23. The Labute approximate surface area is 478 Å². The molecule has 2 aromatic carbocycles. The van der Waals surface area contributed by atoms with Gasteiger partial charge in [-0.05, 0) is 114 Å². The highest BCUT2D eigenvalue weighted by Crippen LogP contribution is 2.34. The largest absolute Gasteiger partial charge is 0.461 e. The molecule has 1 aromatic heterocycles. The summed E-state index contributed by atoms with van der Waals surface area (Å²) in [4.78, 5) is 115. The molecule has 19 heteroatoms. The Kier molecular flexibility index (Phi) is 27.8. The number of aromatic nitrogens is 1. The minimum absolute atomic E-state index is 0.00405. The first-order chi connectivity index (χ1) is 38.0. The number of Topliss-reactive ketones (excluding diaryl/α,β-unsaturated/α-hetero) is 1. The molecule has 0 saturated carbocycles. The zero-order chi connectivity index (χ0) is 58.9. The molecule has 2 N–H and O–H groups in total. The van der Waals surface area contributed by atoms with Gasteiger partial charge in [0.2, 0.25) is 5.91 Å². The van der Waals surface area contributed by atoms with Gasteiger partial charge >= 0.3 is 30.0 Å². The van der Waals surface area contributed by atoms with Gasteiger partial charge in [-0.1, -0.05) is 103 Å². The van der Waals surface area contributed by atoms with Crippen LogP contribution in [0.2, 0.25) is 0 Å². The second kappa shape index (κ2) is 33.5. The fraction of sp³-hybridized carbons (Fsp3) is 0.623. The summed E-state index contributed by atoms with van der Waals surface area (Å²) in [7, 11) is 1.94. The molecule has 0 spiro atoms. The standard InChI is InChI=1S/C61H89N5O13S/c1-12-22-54(69)76-39-66(58(72)48(41(5)13-2)35-52(68)50-25-19-21-32-65(50)11)51(40(3)4)36-53(77-43(7)67)57-64-49(38-80-57)56(71)63-46(33-42(6)59(73)75-37-45-23-16-14-17-24-45)34-44-27-29-47(30-28-44)78-55(70)26-18-15-20-31-62-60(74)79-61(8,9)10/h14,16-17,23-24,27-30,38,40-42,46,48,50-51,53H,12-13,15,18-22,25-26,31-37,39H2,1-11H3,(H,62,74)(H,63,71)/t41-,42-,46+,48-,50+,51+,53+/m0/s1. The Hall–Kier alpha value is -6.21. The fourth-order valence-electron chi connectivity index (χ4n) is 9.61. The number of likely N-dealkylation sites (N-methyl/N-ethyl adjacent to an activating group) is 1. The second-order valence-electron chi connectivity index (χ2n) is 22.5. The Balaban J connectivity index is 1.54. The zero-order valence-electron chi connectivity index (χ0n) is 49.2. The Morgan fingerprint density at radius 3 is 2.20 bits per heavy atom. The first-order valence-electron chi connectivity index (χ1n) is 28.6. The van der Waals surface area contributed by atoms with Crippen LogP contribution in [0.4, 0.5) is 4.79 Å². The van der Waals surface area contributed by atoms with Crippen molar-refractivity contribution in [2.24, 2.45) is 23.7 Å². The summed E-state index contributed by atoms with van der Waals surface area (Å²) in [5.41, 5.74) is 1.07. The van der Waals surface area contributed by atoms with E-state index in [9.17, 15) is 33.6 Å². The van der Waals surface area contributed by atoms with E-state index in [1.807, 2.05) is 72.0 Å². The summed E-state index contributed by atoms with van der Waals surface area (Å²) in [5, 5.41) is 7.65. The van der Waals surface area contributed by atoms with Gasteiger partial charge in [0.25, 0.3) is 5.91 Å². The van der Waals surface area contributed by atoms with Crippen LogP contribution in [0.3, 0.4) is 0 Å². The SMILES string of the molecule is CCCC(=O)OCN(C(=O)[C@@H](CC(=O)[C@H]1CCCCN1C)[C@@H](C)CC)[C@H](C[C@@H](OC(C)=O)c1nc(C(=O)N[C@@H](Cc2ccc(OC(=O)CCCCCNC(=O)OC(C)(C)C)cc2)C[C@H](C)C(=O)OCc2ccccc2)cs1)C(C)C. The second-order valence-corrected chi connectivity index (χ2v) is 23.4. The number of piperidine rings is 1. The molecular weight excluding hydrogens is 1040 g/mol. The number of amides is 3. The van der Waals surface area contributed by atoms with Crippen LogP contribution in [-0.4, -0.2) is 113 Å². The molecule has 4 rings (SSSR count). The van der Waals surface area contributed by atoms with Crippen molar-refractivity contribution in [1.82, 2.24) is 25.4 Å². The molecule has 0 radical (unpaired) electrons. The van der Waals surface area contributed by atoms with Crippen LogP contribution in [0.5, 0.6) is 5.75 Å². The van der Waals surface area contributed by atoms with E-state index in [4.69, 9.17) is 28.7 Å². The number of alkyl carbamates (subject to hydrolysis) is 1. The van der Waals surface area contributed by atoms with Crippen molar-refractivity contribution >= 4 is 58.9 Å². The van der Waals surface area contributed by atoms with Crippen molar-refractivity contribution in [2.75, 3.05) is 26.9 Å². The lowest BCUT2D eigenvalue weighted by Gasteiger charge is -2.39. The van der Waals surface area contributed by atoms with Crippen molar-refractivity contribution in [3.05, 3.63) is 81.8 Å². The molecule has 1 fully saturated rings. The van der Waals surface area contributed by atoms with E-state index in [-0.39, 0.29) is 87.1 Å². The highest BCUT2D eigenvalue weighted by Gasteiger charge is 2.40. The maximum Gasteiger partial charge on any atom is 0.407 e. The molecule has 1 saturated heterocycles. The van der Waals surface area contributed by atoms with Gasteiger partial charge in [-0.3, -0.25) is 38.5 Å². The minimum atomic E-state index is -1.02. The van der Waals surface area contributed by atoms with E-state index >= 15 is 4.79 Å². The summed E-state index contributed by atoms with van der Waals surface area (Å²) in [6.07, 6.45) is 5.16. The van der Waals surface area contributed by atoms with Crippen molar-refractivity contribution < 1.29 is 62.0 Å². The van der Waals surface area contributed by atoms with Crippen LogP contribution in [0.15, 0.2) is 60.0 Å². The highest BCUT2D eigenvalue weighted by atomic mass is 32.1. The summed E-state index contributed by atoms with van der Waals surface area (Å²) >= 11 is 1.11. The predicted octanol–water partition coefficient (Wildman–Crippen LogP) is 10.5. The van der Waals surface area contributed by atoms with Crippen molar-refractivity contribution in [3.63, 3.8) is 0 Å². The lowest BCUT2D eigenvalue weighted by Crippen LogP contribution is -2.50. The minimum Gasteiger partial charge on any atom is -0.461 e. The number of ketones is 1. The molecule has 80 heavy (non-hydrogen) atoms. The van der Waals surface area contributed by atoms with Crippen molar-refractivity contribution in [2.45, 2.75) is 196 Å². The topological polar surface area (TPSA) is 226 Å². The fourth-order valence-corrected chi connectivity index (χ4v) is 10.4. The number of thiazole rings is 1. The number of esters is 4. The van der Waals surface area contributed by atoms with Gasteiger partial charge < -0.3 is 39.2 Å². The number of hydrogen-bond donors (Lipinski definition) is 2. The van der Waals surface area contributed by atoms with Gasteiger partial charge in [0.1, 0.15) is 28.7 Å².